The van der Waals surface area contributed by atoms with Crippen molar-refractivity contribution in [1.29, 1.82) is 0 Å². The highest BCUT2D eigenvalue weighted by Gasteiger charge is 2.23. The molecule has 1 aliphatic rings. The molecule has 2 aromatic rings. The van der Waals surface area contributed by atoms with Crippen molar-refractivity contribution in [2.45, 2.75) is 0 Å². The van der Waals surface area contributed by atoms with Crippen molar-refractivity contribution in [2.75, 3.05) is 36.0 Å². The highest BCUT2D eigenvalue weighted by molar-refractivity contribution is 7.13. The van der Waals surface area contributed by atoms with Crippen molar-refractivity contribution in [3.05, 3.63) is 35.5 Å². The number of thiazole rings is 1. The minimum atomic E-state index is -0.935. The monoisotopic (exact) mass is 290 g/mol. The van der Waals surface area contributed by atoms with Gasteiger partial charge in [-0.1, -0.05) is 0 Å². The van der Waals surface area contributed by atoms with E-state index in [4.69, 9.17) is 0 Å². The molecule has 0 amide bonds. The number of piperazine rings is 1. The number of hydrogen-bond acceptors (Lipinski definition) is 6. The molecule has 104 valence electrons. The van der Waals surface area contributed by atoms with Gasteiger partial charge in [0.25, 0.3) is 0 Å². The summed E-state index contributed by atoms with van der Waals surface area (Å²) in [5.74, 6) is -0.380. The number of hydrogen-bond donors (Lipinski definition) is 1. The maximum atomic E-state index is 11.2. The van der Waals surface area contributed by atoms with Gasteiger partial charge in [-0.25, -0.2) is 14.8 Å². The predicted octanol–water partition coefficient (Wildman–Crippen LogP) is 1.56. The number of pyridine rings is 1. The van der Waals surface area contributed by atoms with Gasteiger partial charge in [0, 0.05) is 44.0 Å². The van der Waals surface area contributed by atoms with E-state index in [9.17, 15) is 9.90 Å². The minimum absolute atomic E-state index is 0.259. The first-order chi connectivity index (χ1) is 9.75. The lowest BCUT2D eigenvalue weighted by atomic mass is 10.2. The Morgan fingerprint density at radius 2 is 1.90 bits per heavy atom. The fraction of sp³-hybridized carbons (Fsp3) is 0.308. The van der Waals surface area contributed by atoms with Gasteiger partial charge in [0.1, 0.15) is 11.4 Å². The number of rotatable bonds is 3. The zero-order valence-corrected chi connectivity index (χ0v) is 11.6. The smallest absolute Gasteiger partial charge is 0.339 e. The molecule has 1 N–H and O–H groups in total. The first-order valence-electron chi connectivity index (χ1n) is 6.33. The first kappa shape index (κ1) is 12.9. The van der Waals surface area contributed by atoms with E-state index in [0.717, 1.165) is 31.3 Å². The Morgan fingerprint density at radius 3 is 2.55 bits per heavy atom. The molecule has 0 aromatic carbocycles. The maximum absolute atomic E-state index is 11.2. The van der Waals surface area contributed by atoms with Gasteiger partial charge in [-0.15, -0.1) is 11.3 Å². The second kappa shape index (κ2) is 5.46. The van der Waals surface area contributed by atoms with E-state index in [1.165, 1.54) is 0 Å². The lowest BCUT2D eigenvalue weighted by Crippen LogP contribution is -2.47. The standard InChI is InChI=1S/C13H14N4O2S/c18-12(19)10-2-1-3-14-11(10)16-5-7-17(8-6-16)13-15-4-9-20-13/h1-4,9H,5-8H2,(H,18,19). The summed E-state index contributed by atoms with van der Waals surface area (Å²) in [4.78, 5) is 24.0. The fourth-order valence-corrected chi connectivity index (χ4v) is 2.99. The Kier molecular flexibility index (Phi) is 3.51. The van der Waals surface area contributed by atoms with E-state index in [0.29, 0.717) is 5.82 Å². The van der Waals surface area contributed by atoms with E-state index in [1.807, 2.05) is 10.3 Å². The van der Waals surface area contributed by atoms with E-state index < -0.39 is 5.97 Å². The average molecular weight is 290 g/mol. The van der Waals surface area contributed by atoms with E-state index >= 15 is 0 Å². The summed E-state index contributed by atoms with van der Waals surface area (Å²) in [5.41, 5.74) is 0.259. The SMILES string of the molecule is O=C(O)c1cccnc1N1CCN(c2nccs2)CC1. The number of aromatic carboxylic acids is 1. The largest absolute Gasteiger partial charge is 0.478 e. The summed E-state index contributed by atoms with van der Waals surface area (Å²) in [7, 11) is 0. The molecule has 7 heteroatoms. The molecule has 0 bridgehead atoms. The predicted molar refractivity (Wildman–Crippen MR) is 77.7 cm³/mol. The summed E-state index contributed by atoms with van der Waals surface area (Å²) >= 11 is 1.62. The second-order valence-electron chi connectivity index (χ2n) is 4.47. The summed E-state index contributed by atoms with van der Waals surface area (Å²) in [6.07, 6.45) is 3.43. The summed E-state index contributed by atoms with van der Waals surface area (Å²) in [6, 6.07) is 3.25. The van der Waals surface area contributed by atoms with Gasteiger partial charge in [-0.05, 0) is 12.1 Å². The zero-order valence-electron chi connectivity index (χ0n) is 10.8. The number of carboxylic acids is 1. The molecule has 0 atom stereocenters. The van der Waals surface area contributed by atoms with Gasteiger partial charge in [0.05, 0.1) is 0 Å². The van der Waals surface area contributed by atoms with Crippen LogP contribution in [0.5, 0.6) is 0 Å². The molecular formula is C13H14N4O2S. The summed E-state index contributed by atoms with van der Waals surface area (Å²) in [6.45, 7) is 3.14. The molecular weight excluding hydrogens is 276 g/mol. The Morgan fingerprint density at radius 1 is 1.15 bits per heavy atom. The Labute approximate surface area is 120 Å². The molecule has 0 spiro atoms. The summed E-state index contributed by atoms with van der Waals surface area (Å²) in [5, 5.41) is 12.2. The normalized spacial score (nSPS) is 15.4. The molecule has 0 aliphatic carbocycles. The van der Waals surface area contributed by atoms with Crippen LogP contribution < -0.4 is 9.80 Å². The third-order valence-electron chi connectivity index (χ3n) is 3.29. The van der Waals surface area contributed by atoms with Crippen LogP contribution in [-0.2, 0) is 0 Å². The summed E-state index contributed by atoms with van der Waals surface area (Å²) < 4.78 is 0. The van der Waals surface area contributed by atoms with Crippen LogP contribution in [0.4, 0.5) is 10.9 Å². The number of anilines is 2. The third-order valence-corrected chi connectivity index (χ3v) is 4.12. The van der Waals surface area contributed by atoms with Crippen LogP contribution in [0.25, 0.3) is 0 Å². The lowest BCUT2D eigenvalue weighted by molar-refractivity contribution is 0.0697. The molecule has 0 saturated carbocycles. The molecule has 0 unspecified atom stereocenters. The van der Waals surface area contributed by atoms with Gasteiger partial charge < -0.3 is 14.9 Å². The van der Waals surface area contributed by atoms with Gasteiger partial charge >= 0.3 is 5.97 Å². The number of carboxylic acid groups (broad SMARTS) is 1. The average Bonchev–Trinajstić information content (AvgIpc) is 3.02. The van der Waals surface area contributed by atoms with Crippen molar-refractivity contribution < 1.29 is 9.90 Å². The van der Waals surface area contributed by atoms with Crippen molar-refractivity contribution in [3.63, 3.8) is 0 Å². The van der Waals surface area contributed by atoms with Crippen LogP contribution in [0.15, 0.2) is 29.9 Å². The van der Waals surface area contributed by atoms with Crippen LogP contribution in [0.2, 0.25) is 0 Å². The first-order valence-corrected chi connectivity index (χ1v) is 7.21. The Bertz CT molecular complexity index is 594. The van der Waals surface area contributed by atoms with Gasteiger partial charge in [-0.3, -0.25) is 0 Å². The molecule has 1 saturated heterocycles. The lowest BCUT2D eigenvalue weighted by Gasteiger charge is -2.35. The molecule has 20 heavy (non-hydrogen) atoms. The highest BCUT2D eigenvalue weighted by atomic mass is 32.1. The van der Waals surface area contributed by atoms with E-state index in [-0.39, 0.29) is 5.56 Å². The van der Waals surface area contributed by atoms with E-state index in [2.05, 4.69) is 14.9 Å². The van der Waals surface area contributed by atoms with Crippen LogP contribution in [0, 0.1) is 0 Å². The van der Waals surface area contributed by atoms with Crippen LogP contribution in [0.1, 0.15) is 10.4 Å². The molecule has 2 aromatic heterocycles. The number of aromatic nitrogens is 2. The van der Waals surface area contributed by atoms with Crippen LogP contribution >= 0.6 is 11.3 Å². The number of nitrogens with zero attached hydrogens (tertiary/aromatic N) is 4. The molecule has 0 radical (unpaired) electrons. The second-order valence-corrected chi connectivity index (χ2v) is 5.34. The van der Waals surface area contributed by atoms with Crippen molar-refractivity contribution in [1.82, 2.24) is 9.97 Å². The quantitative estimate of drug-likeness (QED) is 0.925. The van der Waals surface area contributed by atoms with E-state index in [1.54, 1.807) is 35.9 Å². The Hall–Kier alpha value is -2.15. The van der Waals surface area contributed by atoms with Gasteiger partial charge in [0.15, 0.2) is 5.13 Å². The molecule has 3 rings (SSSR count). The fourth-order valence-electron chi connectivity index (χ4n) is 2.30. The van der Waals surface area contributed by atoms with Crippen molar-refractivity contribution in [3.8, 4) is 0 Å². The van der Waals surface area contributed by atoms with Crippen LogP contribution in [-0.4, -0.2) is 47.2 Å². The third kappa shape index (κ3) is 2.44. The zero-order chi connectivity index (χ0) is 13.9. The van der Waals surface area contributed by atoms with Crippen molar-refractivity contribution in [2.24, 2.45) is 0 Å². The van der Waals surface area contributed by atoms with Crippen LogP contribution in [0.3, 0.4) is 0 Å². The Balaban J connectivity index is 1.74. The molecule has 1 fully saturated rings. The minimum Gasteiger partial charge on any atom is -0.478 e. The molecule has 1 aliphatic heterocycles. The molecule has 3 heterocycles. The maximum Gasteiger partial charge on any atom is 0.339 e. The van der Waals surface area contributed by atoms with Gasteiger partial charge in [-0.2, -0.15) is 0 Å². The highest BCUT2D eigenvalue weighted by Crippen LogP contribution is 2.23. The topological polar surface area (TPSA) is 69.6 Å². The van der Waals surface area contributed by atoms with Crippen molar-refractivity contribution >= 4 is 28.3 Å². The number of carbonyl (C=O) groups is 1. The van der Waals surface area contributed by atoms with Gasteiger partial charge in [0.2, 0.25) is 0 Å². The molecule has 6 nitrogen and oxygen atoms in total.